The van der Waals surface area contributed by atoms with E-state index >= 15 is 0 Å². The average molecular weight is 349 g/mol. The molecule has 0 aromatic heterocycles. The summed E-state index contributed by atoms with van der Waals surface area (Å²) in [6, 6.07) is 15.0. The topological polar surface area (TPSA) is 58.2 Å². The van der Waals surface area contributed by atoms with Gasteiger partial charge in [0, 0.05) is 9.92 Å². The molecule has 0 aliphatic heterocycles. The number of thioether (sulfide) groups is 1. The molecule has 0 radical (unpaired) electrons. The Labute approximate surface area is 144 Å². The van der Waals surface area contributed by atoms with E-state index in [-0.39, 0.29) is 24.0 Å². The van der Waals surface area contributed by atoms with E-state index in [0.29, 0.717) is 5.02 Å². The molecule has 0 atom stereocenters. The molecule has 0 bridgehead atoms. The van der Waals surface area contributed by atoms with E-state index in [0.717, 1.165) is 10.5 Å². The van der Waals surface area contributed by atoms with Crippen LogP contribution in [0.4, 0.5) is 0 Å². The summed E-state index contributed by atoms with van der Waals surface area (Å²) in [5.41, 5.74) is 6.68. The summed E-state index contributed by atoms with van der Waals surface area (Å²) in [6.45, 7) is 2.01. The lowest BCUT2D eigenvalue weighted by atomic mass is 10.1. The average Bonchev–Trinajstić information content (AvgIpc) is 2.54. The molecule has 2 aromatic rings. The Balaban J connectivity index is 1.72. The van der Waals surface area contributed by atoms with Gasteiger partial charge in [-0.3, -0.25) is 20.4 Å². The van der Waals surface area contributed by atoms with Crippen molar-refractivity contribution in [3.05, 3.63) is 64.7 Å². The number of nitrogens with one attached hydrogen (secondary N) is 2. The number of halogens is 1. The Morgan fingerprint density at radius 3 is 2.35 bits per heavy atom. The van der Waals surface area contributed by atoms with Gasteiger partial charge < -0.3 is 0 Å². The maximum absolute atomic E-state index is 11.8. The molecule has 2 rings (SSSR count). The van der Waals surface area contributed by atoms with E-state index in [2.05, 4.69) is 10.9 Å². The summed E-state index contributed by atoms with van der Waals surface area (Å²) in [5, 5.41) is 0.531. The van der Waals surface area contributed by atoms with Crippen molar-refractivity contribution in [2.45, 2.75) is 18.2 Å². The first kappa shape index (κ1) is 17.4. The van der Waals surface area contributed by atoms with Crippen LogP contribution in [0, 0.1) is 6.92 Å². The standard InChI is InChI=1S/C17H17ClN2O2S/c1-12-6-8-14(9-7-12)23-11-17(22)20-19-16(21)10-13-4-2-3-5-15(13)18/h2-9H,10-11H2,1H3,(H,19,21)(H,20,22). The largest absolute Gasteiger partial charge is 0.273 e. The highest BCUT2D eigenvalue weighted by molar-refractivity contribution is 8.00. The third-order valence-electron chi connectivity index (χ3n) is 3.04. The van der Waals surface area contributed by atoms with E-state index in [1.54, 1.807) is 18.2 Å². The molecule has 2 N–H and O–H groups in total. The zero-order valence-electron chi connectivity index (χ0n) is 12.6. The van der Waals surface area contributed by atoms with Crippen LogP contribution < -0.4 is 10.9 Å². The first-order valence-electron chi connectivity index (χ1n) is 7.05. The molecular formula is C17H17ClN2O2S. The third kappa shape index (κ3) is 5.96. The van der Waals surface area contributed by atoms with E-state index in [1.807, 2.05) is 37.3 Å². The van der Waals surface area contributed by atoms with Gasteiger partial charge in [-0.05, 0) is 30.7 Å². The van der Waals surface area contributed by atoms with Crippen LogP contribution >= 0.6 is 23.4 Å². The highest BCUT2D eigenvalue weighted by Gasteiger charge is 2.08. The van der Waals surface area contributed by atoms with Crippen molar-refractivity contribution in [3.8, 4) is 0 Å². The summed E-state index contributed by atoms with van der Waals surface area (Å²) in [7, 11) is 0. The Morgan fingerprint density at radius 2 is 1.65 bits per heavy atom. The van der Waals surface area contributed by atoms with Crippen LogP contribution in [-0.2, 0) is 16.0 Å². The fraction of sp³-hybridized carbons (Fsp3) is 0.176. The molecule has 0 heterocycles. The Bertz CT molecular complexity index is 689. The molecule has 2 amide bonds. The monoisotopic (exact) mass is 348 g/mol. The smallest absolute Gasteiger partial charge is 0.248 e. The molecule has 0 aliphatic carbocycles. The number of hydrazine groups is 1. The van der Waals surface area contributed by atoms with Crippen molar-refractivity contribution in [2.75, 3.05) is 5.75 Å². The second-order valence-electron chi connectivity index (χ2n) is 4.97. The summed E-state index contributed by atoms with van der Waals surface area (Å²) >= 11 is 7.40. The van der Waals surface area contributed by atoms with E-state index < -0.39 is 0 Å². The number of rotatable bonds is 5. The molecule has 6 heteroatoms. The molecular weight excluding hydrogens is 332 g/mol. The number of carbonyl (C=O) groups excluding carboxylic acids is 2. The molecule has 23 heavy (non-hydrogen) atoms. The van der Waals surface area contributed by atoms with E-state index in [9.17, 15) is 9.59 Å². The summed E-state index contributed by atoms with van der Waals surface area (Å²) in [4.78, 5) is 24.5. The number of aryl methyl sites for hydroxylation is 1. The summed E-state index contributed by atoms with van der Waals surface area (Å²) < 4.78 is 0. The predicted octanol–water partition coefficient (Wildman–Crippen LogP) is 3.13. The van der Waals surface area contributed by atoms with Crippen molar-refractivity contribution >= 4 is 35.2 Å². The number of hydrogen-bond acceptors (Lipinski definition) is 3. The van der Waals surface area contributed by atoms with Crippen molar-refractivity contribution < 1.29 is 9.59 Å². The van der Waals surface area contributed by atoms with Crippen LogP contribution in [-0.4, -0.2) is 17.6 Å². The molecule has 4 nitrogen and oxygen atoms in total. The highest BCUT2D eigenvalue weighted by atomic mass is 35.5. The van der Waals surface area contributed by atoms with Gasteiger partial charge in [0.1, 0.15) is 0 Å². The van der Waals surface area contributed by atoms with Gasteiger partial charge in [0.2, 0.25) is 11.8 Å². The predicted molar refractivity (Wildman–Crippen MR) is 93.3 cm³/mol. The second-order valence-corrected chi connectivity index (χ2v) is 6.42. The molecule has 0 saturated heterocycles. The van der Waals surface area contributed by atoms with Crippen LogP contribution in [0.1, 0.15) is 11.1 Å². The molecule has 2 aromatic carbocycles. The van der Waals surface area contributed by atoms with Gasteiger partial charge in [0.05, 0.1) is 12.2 Å². The fourth-order valence-corrected chi connectivity index (χ4v) is 2.72. The molecule has 0 saturated carbocycles. The van der Waals surface area contributed by atoms with Crippen molar-refractivity contribution in [2.24, 2.45) is 0 Å². The molecule has 0 fully saturated rings. The van der Waals surface area contributed by atoms with Crippen molar-refractivity contribution in [1.29, 1.82) is 0 Å². The number of amides is 2. The zero-order chi connectivity index (χ0) is 16.7. The van der Waals surface area contributed by atoms with Crippen LogP contribution in [0.25, 0.3) is 0 Å². The Kier molecular flexibility index (Phi) is 6.50. The second kappa shape index (κ2) is 8.60. The van der Waals surface area contributed by atoms with Crippen LogP contribution in [0.3, 0.4) is 0 Å². The van der Waals surface area contributed by atoms with Gasteiger partial charge in [-0.25, -0.2) is 0 Å². The molecule has 0 aliphatic rings. The van der Waals surface area contributed by atoms with Gasteiger partial charge in [-0.1, -0.05) is 47.5 Å². The summed E-state index contributed by atoms with van der Waals surface area (Å²) in [6.07, 6.45) is 0.116. The van der Waals surface area contributed by atoms with Gasteiger partial charge >= 0.3 is 0 Å². The SMILES string of the molecule is Cc1ccc(SCC(=O)NNC(=O)Cc2ccccc2Cl)cc1. The van der Waals surface area contributed by atoms with Crippen molar-refractivity contribution in [3.63, 3.8) is 0 Å². The molecule has 120 valence electrons. The zero-order valence-corrected chi connectivity index (χ0v) is 14.2. The fourth-order valence-electron chi connectivity index (χ4n) is 1.82. The minimum Gasteiger partial charge on any atom is -0.273 e. The van der Waals surface area contributed by atoms with Crippen LogP contribution in [0.2, 0.25) is 5.02 Å². The maximum atomic E-state index is 11.8. The van der Waals surface area contributed by atoms with Gasteiger partial charge in [-0.15, -0.1) is 11.8 Å². The number of benzene rings is 2. The minimum absolute atomic E-state index is 0.116. The first-order valence-corrected chi connectivity index (χ1v) is 8.41. The Hall–Kier alpha value is -1.98. The summed E-state index contributed by atoms with van der Waals surface area (Å²) in [5.74, 6) is -0.343. The van der Waals surface area contributed by atoms with E-state index in [4.69, 9.17) is 11.6 Å². The number of hydrogen-bond donors (Lipinski definition) is 2. The first-order chi connectivity index (χ1) is 11.0. The lowest BCUT2D eigenvalue weighted by Gasteiger charge is -2.08. The lowest BCUT2D eigenvalue weighted by Crippen LogP contribution is -2.43. The molecule has 0 unspecified atom stereocenters. The Morgan fingerprint density at radius 1 is 1.00 bits per heavy atom. The lowest BCUT2D eigenvalue weighted by molar-refractivity contribution is -0.127. The van der Waals surface area contributed by atoms with Crippen molar-refractivity contribution in [1.82, 2.24) is 10.9 Å². The van der Waals surface area contributed by atoms with Crippen LogP contribution in [0.5, 0.6) is 0 Å². The quantitative estimate of drug-likeness (QED) is 0.644. The van der Waals surface area contributed by atoms with Crippen LogP contribution in [0.15, 0.2) is 53.4 Å². The third-order valence-corrected chi connectivity index (χ3v) is 4.42. The molecule has 0 spiro atoms. The number of carbonyl (C=O) groups is 2. The maximum Gasteiger partial charge on any atom is 0.248 e. The van der Waals surface area contributed by atoms with Gasteiger partial charge in [-0.2, -0.15) is 0 Å². The highest BCUT2D eigenvalue weighted by Crippen LogP contribution is 2.17. The van der Waals surface area contributed by atoms with E-state index in [1.165, 1.54) is 17.3 Å². The normalized spacial score (nSPS) is 10.2. The van der Waals surface area contributed by atoms with Gasteiger partial charge in [0.25, 0.3) is 0 Å². The van der Waals surface area contributed by atoms with Gasteiger partial charge in [0.15, 0.2) is 0 Å². The minimum atomic E-state index is -0.313.